The van der Waals surface area contributed by atoms with Gasteiger partial charge in [-0.15, -0.1) is 0 Å². The molecule has 0 fully saturated rings. The number of aryl methyl sites for hydroxylation is 1. The molecule has 0 aliphatic rings. The minimum absolute atomic E-state index is 0.0277. The lowest BCUT2D eigenvalue weighted by atomic mass is 10.2. The maximum absolute atomic E-state index is 12.2. The van der Waals surface area contributed by atoms with Gasteiger partial charge in [-0.25, -0.2) is 4.79 Å². The molecule has 0 bridgehead atoms. The van der Waals surface area contributed by atoms with Crippen molar-refractivity contribution < 1.29 is 28.8 Å². The molecule has 1 amide bonds. The van der Waals surface area contributed by atoms with Gasteiger partial charge in [0.15, 0.2) is 6.61 Å². The summed E-state index contributed by atoms with van der Waals surface area (Å²) < 4.78 is 9.72. The third kappa shape index (κ3) is 8.03. The van der Waals surface area contributed by atoms with Gasteiger partial charge in [0.2, 0.25) is 0 Å². The molecule has 170 valence electrons. The van der Waals surface area contributed by atoms with Crippen molar-refractivity contribution in [2.45, 2.75) is 36.5 Å². The van der Waals surface area contributed by atoms with Gasteiger partial charge in [-0.05, 0) is 44.5 Å². The normalized spacial score (nSPS) is 10.3. The minimum Gasteiger partial charge on any atom is -0.466 e. The summed E-state index contributed by atoms with van der Waals surface area (Å²) in [5.74, 6) is -1.73. The Hall–Kier alpha value is -3.40. The first kappa shape index (κ1) is 24.9. The number of hydrogen-bond donors (Lipinski definition) is 1. The number of nitrogens with one attached hydrogen (secondary N) is 1. The van der Waals surface area contributed by atoms with Gasteiger partial charge in [-0.2, -0.15) is 0 Å². The summed E-state index contributed by atoms with van der Waals surface area (Å²) in [5, 5.41) is 14.0. The number of nitro benzene ring substituents is 1. The first-order valence-corrected chi connectivity index (χ1v) is 10.7. The predicted octanol–water partition coefficient (Wildman–Crippen LogP) is 3.67. The molecule has 0 radical (unpaired) electrons. The molecule has 0 spiro atoms. The summed E-state index contributed by atoms with van der Waals surface area (Å²) in [6.45, 7) is 3.64. The third-order valence-electron chi connectivity index (χ3n) is 4.16. The molecule has 0 atom stereocenters. The molecular weight excluding hydrogens is 436 g/mol. The number of rotatable bonds is 11. The Labute approximate surface area is 189 Å². The van der Waals surface area contributed by atoms with Crippen LogP contribution in [-0.2, 0) is 19.1 Å². The van der Waals surface area contributed by atoms with Gasteiger partial charge in [0.1, 0.15) is 0 Å². The molecule has 0 unspecified atom stereocenters. The van der Waals surface area contributed by atoms with Crippen molar-refractivity contribution in [2.24, 2.45) is 0 Å². The minimum atomic E-state index is -0.846. The van der Waals surface area contributed by atoms with Gasteiger partial charge in [0.25, 0.3) is 11.6 Å². The second kappa shape index (κ2) is 12.5. The number of nitro groups is 1. The van der Waals surface area contributed by atoms with Crippen molar-refractivity contribution in [2.75, 3.05) is 19.8 Å². The number of esters is 2. The van der Waals surface area contributed by atoms with Crippen molar-refractivity contribution in [1.82, 2.24) is 5.32 Å². The first-order valence-electron chi connectivity index (χ1n) is 9.92. The van der Waals surface area contributed by atoms with Crippen LogP contribution in [0.15, 0.2) is 52.3 Å². The maximum atomic E-state index is 12.2. The van der Waals surface area contributed by atoms with Crippen LogP contribution in [0.3, 0.4) is 0 Å². The molecule has 2 rings (SSSR count). The summed E-state index contributed by atoms with van der Waals surface area (Å²) in [7, 11) is 0. The van der Waals surface area contributed by atoms with Crippen LogP contribution in [0.2, 0.25) is 0 Å². The van der Waals surface area contributed by atoms with E-state index in [-0.39, 0.29) is 30.2 Å². The zero-order chi connectivity index (χ0) is 23.5. The van der Waals surface area contributed by atoms with E-state index in [1.807, 2.05) is 31.2 Å². The summed E-state index contributed by atoms with van der Waals surface area (Å²) in [6.07, 6.45) is 0.565. The highest BCUT2D eigenvalue weighted by Crippen LogP contribution is 2.35. The van der Waals surface area contributed by atoms with Crippen LogP contribution in [0.5, 0.6) is 0 Å². The lowest BCUT2D eigenvalue weighted by Gasteiger charge is -2.08. The Morgan fingerprint density at radius 2 is 1.81 bits per heavy atom. The van der Waals surface area contributed by atoms with E-state index in [0.29, 0.717) is 17.9 Å². The van der Waals surface area contributed by atoms with Crippen LogP contribution in [0.4, 0.5) is 5.69 Å². The standard InChI is InChI=1S/C22H24N2O7S/c1-3-30-21(26)5-4-12-23-20(25)14-31-22(27)16-8-11-19(18(13-16)24(28)29)32-17-9-6-15(2)7-10-17/h6-11,13H,3-5,12,14H2,1-2H3,(H,23,25). The number of benzene rings is 2. The smallest absolute Gasteiger partial charge is 0.338 e. The predicted molar refractivity (Wildman–Crippen MR) is 118 cm³/mol. The van der Waals surface area contributed by atoms with Crippen molar-refractivity contribution in [3.8, 4) is 0 Å². The lowest BCUT2D eigenvalue weighted by molar-refractivity contribution is -0.387. The molecular formula is C22H24N2O7S. The first-order chi connectivity index (χ1) is 15.3. The average Bonchev–Trinajstić information content (AvgIpc) is 2.77. The van der Waals surface area contributed by atoms with Crippen LogP contribution in [0.1, 0.15) is 35.7 Å². The Bertz CT molecular complexity index is 977. The topological polar surface area (TPSA) is 125 Å². The quantitative estimate of drug-likeness (QED) is 0.233. The summed E-state index contributed by atoms with van der Waals surface area (Å²) in [5.41, 5.74) is 0.818. The van der Waals surface area contributed by atoms with E-state index in [0.717, 1.165) is 16.5 Å². The van der Waals surface area contributed by atoms with E-state index < -0.39 is 23.4 Å². The summed E-state index contributed by atoms with van der Waals surface area (Å²) in [6, 6.07) is 11.6. The average molecular weight is 461 g/mol. The zero-order valence-electron chi connectivity index (χ0n) is 17.8. The van der Waals surface area contributed by atoms with Gasteiger partial charge >= 0.3 is 11.9 Å². The highest BCUT2D eigenvalue weighted by molar-refractivity contribution is 7.99. The fourth-order valence-electron chi connectivity index (χ4n) is 2.57. The van der Waals surface area contributed by atoms with E-state index in [4.69, 9.17) is 9.47 Å². The molecule has 0 aromatic heterocycles. The molecule has 0 aliphatic carbocycles. The molecule has 10 heteroatoms. The van der Waals surface area contributed by atoms with Crippen molar-refractivity contribution in [3.63, 3.8) is 0 Å². The number of hydrogen-bond acceptors (Lipinski definition) is 8. The highest BCUT2D eigenvalue weighted by Gasteiger charge is 2.20. The fourth-order valence-corrected chi connectivity index (χ4v) is 3.47. The van der Waals surface area contributed by atoms with Gasteiger partial charge < -0.3 is 14.8 Å². The van der Waals surface area contributed by atoms with Crippen LogP contribution in [0.25, 0.3) is 0 Å². The monoisotopic (exact) mass is 460 g/mol. The third-order valence-corrected chi connectivity index (χ3v) is 5.23. The maximum Gasteiger partial charge on any atom is 0.338 e. The van der Waals surface area contributed by atoms with Crippen LogP contribution in [0, 0.1) is 17.0 Å². The van der Waals surface area contributed by atoms with Crippen molar-refractivity contribution >= 4 is 35.3 Å². The molecule has 0 heterocycles. The summed E-state index contributed by atoms with van der Waals surface area (Å²) in [4.78, 5) is 47.4. The van der Waals surface area contributed by atoms with Gasteiger partial charge in [-0.3, -0.25) is 19.7 Å². The number of ether oxygens (including phenoxy) is 2. The second-order valence-electron chi connectivity index (χ2n) is 6.69. The second-order valence-corrected chi connectivity index (χ2v) is 7.80. The molecule has 1 N–H and O–H groups in total. The van der Waals surface area contributed by atoms with Crippen LogP contribution in [-0.4, -0.2) is 42.5 Å². The van der Waals surface area contributed by atoms with E-state index >= 15 is 0 Å². The Morgan fingerprint density at radius 3 is 2.47 bits per heavy atom. The fraction of sp³-hybridized carbons (Fsp3) is 0.318. The van der Waals surface area contributed by atoms with Crippen LogP contribution < -0.4 is 5.32 Å². The van der Waals surface area contributed by atoms with E-state index in [2.05, 4.69) is 5.32 Å². The molecule has 2 aromatic rings. The SMILES string of the molecule is CCOC(=O)CCCNC(=O)COC(=O)c1ccc(Sc2ccc(C)cc2)c([N+](=O)[O-])c1. The summed E-state index contributed by atoms with van der Waals surface area (Å²) >= 11 is 1.22. The van der Waals surface area contributed by atoms with Gasteiger partial charge in [-0.1, -0.05) is 29.5 Å². The molecule has 0 saturated carbocycles. The van der Waals surface area contributed by atoms with E-state index in [1.165, 1.54) is 23.9 Å². The Kier molecular flexibility index (Phi) is 9.68. The Balaban J connectivity index is 1.90. The molecule has 9 nitrogen and oxygen atoms in total. The number of nitrogens with zero attached hydrogens (tertiary/aromatic N) is 1. The lowest BCUT2D eigenvalue weighted by Crippen LogP contribution is -2.30. The van der Waals surface area contributed by atoms with E-state index in [1.54, 1.807) is 6.92 Å². The van der Waals surface area contributed by atoms with Crippen molar-refractivity contribution in [1.29, 1.82) is 0 Å². The molecule has 32 heavy (non-hydrogen) atoms. The molecule has 0 aliphatic heterocycles. The molecule has 0 saturated heterocycles. The van der Waals surface area contributed by atoms with Crippen LogP contribution >= 0.6 is 11.8 Å². The number of carbonyl (C=O) groups is 3. The number of amides is 1. The van der Waals surface area contributed by atoms with Gasteiger partial charge in [0, 0.05) is 23.9 Å². The zero-order valence-corrected chi connectivity index (χ0v) is 18.6. The Morgan fingerprint density at radius 1 is 1.09 bits per heavy atom. The molecule has 2 aromatic carbocycles. The number of carbonyl (C=O) groups excluding carboxylic acids is 3. The van der Waals surface area contributed by atoms with Crippen molar-refractivity contribution in [3.05, 3.63) is 63.7 Å². The van der Waals surface area contributed by atoms with Gasteiger partial charge in [0.05, 0.1) is 22.0 Å². The largest absolute Gasteiger partial charge is 0.466 e. The highest BCUT2D eigenvalue weighted by atomic mass is 32.2. The van der Waals surface area contributed by atoms with E-state index in [9.17, 15) is 24.5 Å².